The zero-order valence-corrected chi connectivity index (χ0v) is 12.0. The molecule has 2 fully saturated rings. The Bertz CT molecular complexity index is 440. The van der Waals surface area contributed by atoms with Crippen LogP contribution >= 0.6 is 0 Å². The second-order valence-electron chi connectivity index (χ2n) is 5.70. The molecule has 2 atom stereocenters. The SMILES string of the molecule is CC(c1ccoc1)N1CCCC1C(=O)N1CCNCC1. The number of amides is 1. The Morgan fingerprint density at radius 1 is 1.40 bits per heavy atom. The van der Waals surface area contributed by atoms with Crippen molar-refractivity contribution in [2.45, 2.75) is 31.8 Å². The topological polar surface area (TPSA) is 48.7 Å². The van der Waals surface area contributed by atoms with Crippen LogP contribution < -0.4 is 5.32 Å². The van der Waals surface area contributed by atoms with Crippen LogP contribution in [0.1, 0.15) is 31.4 Å². The minimum Gasteiger partial charge on any atom is -0.472 e. The van der Waals surface area contributed by atoms with E-state index in [1.807, 2.05) is 11.0 Å². The second-order valence-corrected chi connectivity index (χ2v) is 5.70. The van der Waals surface area contributed by atoms with Gasteiger partial charge in [0.2, 0.25) is 5.91 Å². The molecule has 110 valence electrons. The molecule has 20 heavy (non-hydrogen) atoms. The van der Waals surface area contributed by atoms with Crippen LogP contribution in [0.15, 0.2) is 23.0 Å². The van der Waals surface area contributed by atoms with Gasteiger partial charge in [-0.05, 0) is 32.4 Å². The third kappa shape index (κ3) is 2.60. The second kappa shape index (κ2) is 5.97. The van der Waals surface area contributed by atoms with Gasteiger partial charge in [-0.25, -0.2) is 0 Å². The number of hydrogen-bond donors (Lipinski definition) is 1. The minimum absolute atomic E-state index is 0.0398. The average Bonchev–Trinajstić information content (AvgIpc) is 3.18. The monoisotopic (exact) mass is 277 g/mol. The van der Waals surface area contributed by atoms with Crippen molar-refractivity contribution < 1.29 is 9.21 Å². The van der Waals surface area contributed by atoms with E-state index in [-0.39, 0.29) is 12.1 Å². The van der Waals surface area contributed by atoms with Crippen molar-refractivity contribution in [3.05, 3.63) is 24.2 Å². The molecule has 5 nitrogen and oxygen atoms in total. The number of rotatable bonds is 3. The van der Waals surface area contributed by atoms with Gasteiger partial charge in [0, 0.05) is 37.8 Å². The van der Waals surface area contributed by atoms with Crippen LogP contribution in [0.3, 0.4) is 0 Å². The van der Waals surface area contributed by atoms with Crippen LogP contribution in [0.25, 0.3) is 0 Å². The minimum atomic E-state index is 0.0398. The largest absolute Gasteiger partial charge is 0.472 e. The highest BCUT2D eigenvalue weighted by Crippen LogP contribution is 2.30. The van der Waals surface area contributed by atoms with E-state index in [0.29, 0.717) is 5.91 Å². The molecule has 0 spiro atoms. The number of nitrogens with zero attached hydrogens (tertiary/aromatic N) is 2. The molecule has 2 aliphatic rings. The summed E-state index contributed by atoms with van der Waals surface area (Å²) in [4.78, 5) is 17.1. The molecule has 0 radical (unpaired) electrons. The molecule has 3 heterocycles. The number of carbonyl (C=O) groups excluding carboxylic acids is 1. The van der Waals surface area contributed by atoms with Crippen molar-refractivity contribution in [2.75, 3.05) is 32.7 Å². The van der Waals surface area contributed by atoms with Crippen molar-refractivity contribution in [3.63, 3.8) is 0 Å². The van der Waals surface area contributed by atoms with E-state index in [1.54, 1.807) is 12.5 Å². The molecule has 2 saturated heterocycles. The molecule has 2 unspecified atom stereocenters. The fourth-order valence-corrected chi connectivity index (χ4v) is 3.32. The fraction of sp³-hybridized carbons (Fsp3) is 0.667. The van der Waals surface area contributed by atoms with Crippen LogP contribution in [0.2, 0.25) is 0 Å². The number of carbonyl (C=O) groups is 1. The highest BCUT2D eigenvalue weighted by atomic mass is 16.3. The van der Waals surface area contributed by atoms with Crippen molar-refractivity contribution in [1.29, 1.82) is 0 Å². The molecule has 1 amide bonds. The summed E-state index contributed by atoms with van der Waals surface area (Å²) >= 11 is 0. The molecular weight excluding hydrogens is 254 g/mol. The van der Waals surface area contributed by atoms with E-state index in [2.05, 4.69) is 17.1 Å². The lowest BCUT2D eigenvalue weighted by Gasteiger charge is -2.35. The highest BCUT2D eigenvalue weighted by molar-refractivity contribution is 5.82. The predicted molar refractivity (Wildman–Crippen MR) is 76.3 cm³/mol. The molecule has 3 rings (SSSR count). The summed E-state index contributed by atoms with van der Waals surface area (Å²) in [6.45, 7) is 6.65. The summed E-state index contributed by atoms with van der Waals surface area (Å²) in [5.74, 6) is 0.305. The van der Waals surface area contributed by atoms with Crippen molar-refractivity contribution in [3.8, 4) is 0 Å². The van der Waals surface area contributed by atoms with Crippen LogP contribution in [0.5, 0.6) is 0 Å². The molecule has 1 aromatic heterocycles. The van der Waals surface area contributed by atoms with Gasteiger partial charge in [0.05, 0.1) is 18.6 Å². The van der Waals surface area contributed by atoms with Gasteiger partial charge in [-0.1, -0.05) is 0 Å². The summed E-state index contributed by atoms with van der Waals surface area (Å²) in [5, 5.41) is 3.30. The number of piperazine rings is 1. The standard InChI is InChI=1S/C15H23N3O2/c1-12(13-4-10-20-11-13)18-7-2-3-14(18)15(19)17-8-5-16-6-9-17/h4,10-12,14,16H,2-3,5-9H2,1H3. The van der Waals surface area contributed by atoms with E-state index in [0.717, 1.165) is 51.1 Å². The first-order chi connectivity index (χ1) is 9.77. The molecule has 0 aromatic carbocycles. The number of likely N-dealkylation sites (tertiary alicyclic amines) is 1. The van der Waals surface area contributed by atoms with Crippen LogP contribution in [-0.4, -0.2) is 54.5 Å². The lowest BCUT2D eigenvalue weighted by Crippen LogP contribution is -2.52. The average molecular weight is 277 g/mol. The van der Waals surface area contributed by atoms with Gasteiger partial charge in [0.1, 0.15) is 0 Å². The van der Waals surface area contributed by atoms with Gasteiger partial charge < -0.3 is 14.6 Å². The Kier molecular flexibility index (Phi) is 4.08. The molecule has 0 bridgehead atoms. The Morgan fingerprint density at radius 3 is 2.90 bits per heavy atom. The summed E-state index contributed by atoms with van der Waals surface area (Å²) in [7, 11) is 0. The van der Waals surface area contributed by atoms with Crippen LogP contribution in [0.4, 0.5) is 0 Å². The van der Waals surface area contributed by atoms with Crippen molar-refractivity contribution >= 4 is 5.91 Å². The summed E-state index contributed by atoms with van der Waals surface area (Å²) in [5.41, 5.74) is 1.16. The van der Waals surface area contributed by atoms with E-state index in [9.17, 15) is 4.79 Å². The molecule has 2 aliphatic heterocycles. The normalized spacial score (nSPS) is 25.9. The maximum Gasteiger partial charge on any atom is 0.240 e. The third-order valence-corrected chi connectivity index (χ3v) is 4.53. The lowest BCUT2D eigenvalue weighted by molar-refractivity contribution is -0.137. The Balaban J connectivity index is 1.70. The maximum atomic E-state index is 12.7. The van der Waals surface area contributed by atoms with Gasteiger partial charge >= 0.3 is 0 Å². The number of furan rings is 1. The van der Waals surface area contributed by atoms with Gasteiger partial charge in [0.25, 0.3) is 0 Å². The van der Waals surface area contributed by atoms with E-state index < -0.39 is 0 Å². The highest BCUT2D eigenvalue weighted by Gasteiger charge is 2.36. The van der Waals surface area contributed by atoms with Gasteiger partial charge in [-0.3, -0.25) is 9.69 Å². The van der Waals surface area contributed by atoms with Gasteiger partial charge in [0.15, 0.2) is 0 Å². The molecule has 5 heteroatoms. The zero-order valence-electron chi connectivity index (χ0n) is 12.0. The van der Waals surface area contributed by atoms with E-state index >= 15 is 0 Å². The number of hydrogen-bond acceptors (Lipinski definition) is 4. The first kappa shape index (κ1) is 13.6. The van der Waals surface area contributed by atoms with Gasteiger partial charge in [-0.2, -0.15) is 0 Å². The fourth-order valence-electron chi connectivity index (χ4n) is 3.32. The van der Waals surface area contributed by atoms with E-state index in [1.165, 1.54) is 0 Å². The molecule has 1 aromatic rings. The molecule has 1 N–H and O–H groups in total. The molecular formula is C15H23N3O2. The quantitative estimate of drug-likeness (QED) is 0.903. The lowest BCUT2D eigenvalue weighted by atomic mass is 10.1. The Hall–Kier alpha value is -1.33. The summed E-state index contributed by atoms with van der Waals surface area (Å²) in [6.07, 6.45) is 5.57. The molecule has 0 aliphatic carbocycles. The zero-order chi connectivity index (χ0) is 13.9. The smallest absolute Gasteiger partial charge is 0.240 e. The van der Waals surface area contributed by atoms with Crippen LogP contribution in [-0.2, 0) is 4.79 Å². The maximum absolute atomic E-state index is 12.7. The molecule has 0 saturated carbocycles. The first-order valence-electron chi connectivity index (χ1n) is 7.54. The van der Waals surface area contributed by atoms with Crippen LogP contribution in [0, 0.1) is 0 Å². The predicted octanol–water partition coefficient (Wildman–Crippen LogP) is 1.24. The van der Waals surface area contributed by atoms with Gasteiger partial charge in [-0.15, -0.1) is 0 Å². The first-order valence-corrected chi connectivity index (χ1v) is 7.54. The third-order valence-electron chi connectivity index (χ3n) is 4.53. The number of nitrogens with one attached hydrogen (secondary N) is 1. The summed E-state index contributed by atoms with van der Waals surface area (Å²) in [6, 6.07) is 2.28. The Labute approximate surface area is 119 Å². The Morgan fingerprint density at radius 2 is 2.20 bits per heavy atom. The van der Waals surface area contributed by atoms with Crippen molar-refractivity contribution in [2.24, 2.45) is 0 Å². The van der Waals surface area contributed by atoms with E-state index in [4.69, 9.17) is 4.42 Å². The summed E-state index contributed by atoms with van der Waals surface area (Å²) < 4.78 is 5.18. The van der Waals surface area contributed by atoms with Crippen molar-refractivity contribution in [1.82, 2.24) is 15.1 Å².